The lowest BCUT2D eigenvalue weighted by Gasteiger charge is -2.58. The van der Waals surface area contributed by atoms with Crippen LogP contribution in [0.25, 0.3) is 0 Å². The molecule has 0 N–H and O–H groups in total. The van der Waals surface area contributed by atoms with Crippen molar-refractivity contribution in [3.63, 3.8) is 0 Å². The second kappa shape index (κ2) is 7.51. The summed E-state index contributed by atoms with van der Waals surface area (Å²) in [4.78, 5) is 40.7. The summed E-state index contributed by atoms with van der Waals surface area (Å²) < 4.78 is 23.4. The zero-order valence-electron chi connectivity index (χ0n) is 22.4. The van der Waals surface area contributed by atoms with Crippen molar-refractivity contribution in [1.82, 2.24) is 0 Å². The highest BCUT2D eigenvalue weighted by Gasteiger charge is 2.85. The van der Waals surface area contributed by atoms with Crippen LogP contribution in [0.5, 0.6) is 5.75 Å². The minimum Gasteiger partial charge on any atom is -0.497 e. The number of Topliss-reactive ketones (excluding diaryl/α,β-unsaturated/α-hetero) is 1. The number of carbonyl (C=O) groups excluding carboxylic acids is 3. The molecule has 7 nitrogen and oxygen atoms in total. The van der Waals surface area contributed by atoms with E-state index in [4.69, 9.17) is 18.9 Å². The number of rotatable bonds is 3. The Bertz CT molecular complexity index is 1330. The lowest BCUT2D eigenvalue weighted by Crippen LogP contribution is -2.66. The van der Waals surface area contributed by atoms with Gasteiger partial charge in [-0.05, 0) is 42.9 Å². The minimum absolute atomic E-state index is 0.117. The molecule has 2 aliphatic heterocycles. The molecule has 0 aromatic heterocycles. The Morgan fingerprint density at radius 1 is 1.03 bits per heavy atom. The van der Waals surface area contributed by atoms with Gasteiger partial charge >= 0.3 is 11.9 Å². The van der Waals surface area contributed by atoms with E-state index in [0.29, 0.717) is 11.3 Å². The molecule has 4 fully saturated rings. The predicted octanol–water partition coefficient (Wildman–Crippen LogP) is 4.44. The molecule has 2 bridgehead atoms. The van der Waals surface area contributed by atoms with Gasteiger partial charge in [-0.1, -0.05) is 44.1 Å². The second-order valence-corrected chi connectivity index (χ2v) is 12.3. The van der Waals surface area contributed by atoms with Crippen LogP contribution in [0.2, 0.25) is 0 Å². The molecule has 8 atom stereocenters. The highest BCUT2D eigenvalue weighted by atomic mass is 16.6. The summed E-state index contributed by atoms with van der Waals surface area (Å²) in [6.45, 7) is 4.07. The first kappa shape index (κ1) is 24.0. The normalized spacial score (nSPS) is 44.0. The van der Waals surface area contributed by atoms with Gasteiger partial charge in [-0.15, -0.1) is 0 Å². The van der Waals surface area contributed by atoms with Gasteiger partial charge in [0.25, 0.3) is 0 Å². The maximum Gasteiger partial charge on any atom is 0.337 e. The number of hydrogen-bond donors (Lipinski definition) is 0. The van der Waals surface area contributed by atoms with Crippen molar-refractivity contribution >= 4 is 17.7 Å². The molecule has 0 amide bonds. The summed E-state index contributed by atoms with van der Waals surface area (Å²) in [5.74, 6) is -0.812. The topological polar surface area (TPSA) is 88.1 Å². The van der Waals surface area contributed by atoms with Crippen LogP contribution in [0.3, 0.4) is 0 Å². The lowest BCUT2D eigenvalue weighted by molar-refractivity contribution is -0.206. The number of esters is 2. The van der Waals surface area contributed by atoms with Crippen LogP contribution < -0.4 is 4.74 Å². The van der Waals surface area contributed by atoms with E-state index in [2.05, 4.69) is 31.2 Å². The quantitative estimate of drug-likeness (QED) is 0.432. The van der Waals surface area contributed by atoms with Gasteiger partial charge in [0.2, 0.25) is 0 Å². The molecule has 0 unspecified atom stereocenters. The number of ketones is 1. The van der Waals surface area contributed by atoms with Crippen LogP contribution in [-0.4, -0.2) is 43.6 Å². The molecule has 38 heavy (non-hydrogen) atoms. The molecule has 1 aromatic carbocycles. The Balaban J connectivity index is 1.51. The molecule has 7 rings (SSSR count). The third-order valence-electron chi connectivity index (χ3n) is 11.4. The van der Waals surface area contributed by atoms with Gasteiger partial charge < -0.3 is 18.9 Å². The van der Waals surface area contributed by atoms with Crippen LogP contribution in [0.1, 0.15) is 57.9 Å². The Hall–Kier alpha value is -3.09. The standard InChI is InChI=1S/C31H34O7/c1-17-24(27(34)36-4)20-15-21(32)25-26(31(20)22(37-17)16-23(33)38-31)29-12-6-5-11-28(29,2)30(25,14-13-29)18-7-9-19(35-3)10-8-18/h7-10,13-14,20,22,25-26H,5-6,11-12,15-16H2,1-4H3/t20-,22+,25+,26-,28-,29-,30+,31+/m0/s1. The molecule has 1 aromatic rings. The van der Waals surface area contributed by atoms with Crippen molar-refractivity contribution in [2.45, 2.75) is 69.5 Å². The van der Waals surface area contributed by atoms with Crippen LogP contribution in [-0.2, 0) is 34.0 Å². The Morgan fingerprint density at radius 2 is 1.76 bits per heavy atom. The number of ether oxygens (including phenoxy) is 4. The summed E-state index contributed by atoms with van der Waals surface area (Å²) in [5, 5.41) is 0. The molecule has 1 saturated heterocycles. The average molecular weight is 519 g/mol. The van der Waals surface area contributed by atoms with Crippen molar-refractivity contribution in [2.75, 3.05) is 14.2 Å². The van der Waals surface area contributed by atoms with E-state index in [9.17, 15) is 14.4 Å². The monoisotopic (exact) mass is 518 g/mol. The molecule has 200 valence electrons. The number of benzene rings is 1. The van der Waals surface area contributed by atoms with Crippen molar-refractivity contribution in [1.29, 1.82) is 0 Å². The number of allylic oxidation sites excluding steroid dienone is 3. The highest BCUT2D eigenvalue weighted by Crippen LogP contribution is 2.82. The molecule has 4 aliphatic carbocycles. The van der Waals surface area contributed by atoms with E-state index in [1.807, 2.05) is 12.1 Å². The van der Waals surface area contributed by atoms with E-state index in [1.54, 1.807) is 14.0 Å². The van der Waals surface area contributed by atoms with Gasteiger partial charge in [0.1, 0.15) is 23.4 Å². The largest absolute Gasteiger partial charge is 0.497 e. The maximum atomic E-state index is 14.5. The fourth-order valence-electron chi connectivity index (χ4n) is 10.2. The third kappa shape index (κ3) is 2.41. The number of carbonyl (C=O) groups is 3. The SMILES string of the molecule is COC(=O)C1=C(C)O[C@@H]2CC(=O)O[C@@]23[C@H]2[C@@H](C(=O)C[C@@H]13)[C@]1(c3ccc(OC)cc3)C=C[C@@]23CCCC[C@@]31C. The first-order valence-corrected chi connectivity index (χ1v) is 13.8. The third-order valence-corrected chi connectivity index (χ3v) is 11.4. The first-order valence-electron chi connectivity index (χ1n) is 13.8. The minimum atomic E-state index is -1.10. The van der Waals surface area contributed by atoms with Crippen LogP contribution >= 0.6 is 0 Å². The van der Waals surface area contributed by atoms with E-state index in [1.165, 1.54) is 7.11 Å². The summed E-state index contributed by atoms with van der Waals surface area (Å²) in [6.07, 6.45) is 8.31. The van der Waals surface area contributed by atoms with Crippen molar-refractivity contribution < 1.29 is 33.3 Å². The Labute approximate surface area is 222 Å². The van der Waals surface area contributed by atoms with Crippen LogP contribution in [0.4, 0.5) is 0 Å². The second-order valence-electron chi connectivity index (χ2n) is 12.3. The molecule has 2 heterocycles. The number of hydrogen-bond acceptors (Lipinski definition) is 7. The van der Waals surface area contributed by atoms with Crippen molar-refractivity contribution in [2.24, 2.45) is 28.6 Å². The molecule has 3 saturated carbocycles. The van der Waals surface area contributed by atoms with E-state index >= 15 is 0 Å². The van der Waals surface area contributed by atoms with Gasteiger partial charge in [0.05, 0.1) is 26.2 Å². The molecule has 6 aliphatic rings. The van der Waals surface area contributed by atoms with E-state index in [-0.39, 0.29) is 41.3 Å². The maximum absolute atomic E-state index is 14.5. The van der Waals surface area contributed by atoms with Gasteiger partial charge in [-0.25, -0.2) is 4.79 Å². The zero-order valence-corrected chi connectivity index (χ0v) is 22.4. The number of methoxy groups -OCH3 is 2. The Morgan fingerprint density at radius 3 is 2.47 bits per heavy atom. The zero-order chi connectivity index (χ0) is 26.7. The molecule has 1 spiro atoms. The van der Waals surface area contributed by atoms with Crippen LogP contribution in [0, 0.1) is 28.6 Å². The van der Waals surface area contributed by atoms with Crippen LogP contribution in [0.15, 0.2) is 47.7 Å². The lowest BCUT2D eigenvalue weighted by atomic mass is 9.49. The fraction of sp³-hybridized carbons (Fsp3) is 0.581. The van der Waals surface area contributed by atoms with E-state index < -0.39 is 34.9 Å². The molecular formula is C31H34O7. The fourth-order valence-corrected chi connectivity index (χ4v) is 10.2. The summed E-state index contributed by atoms with van der Waals surface area (Å²) >= 11 is 0. The summed E-state index contributed by atoms with van der Waals surface area (Å²) in [7, 11) is 2.99. The van der Waals surface area contributed by atoms with Gasteiger partial charge in [-0.2, -0.15) is 0 Å². The number of fused-ring (bicyclic) bond motifs is 2. The van der Waals surface area contributed by atoms with Gasteiger partial charge in [0.15, 0.2) is 5.60 Å². The van der Waals surface area contributed by atoms with E-state index in [0.717, 1.165) is 37.0 Å². The molecule has 0 radical (unpaired) electrons. The highest BCUT2D eigenvalue weighted by molar-refractivity contribution is 5.95. The molecule has 7 heteroatoms. The van der Waals surface area contributed by atoms with Gasteiger partial charge in [-0.3, -0.25) is 9.59 Å². The smallest absolute Gasteiger partial charge is 0.337 e. The van der Waals surface area contributed by atoms with Crippen molar-refractivity contribution in [3.8, 4) is 5.75 Å². The predicted molar refractivity (Wildman–Crippen MR) is 136 cm³/mol. The summed E-state index contributed by atoms with van der Waals surface area (Å²) in [6, 6.07) is 8.13. The summed E-state index contributed by atoms with van der Waals surface area (Å²) in [5.41, 5.74) is -0.858. The Kier molecular flexibility index (Phi) is 4.74. The molecular weight excluding hydrogens is 484 g/mol. The average Bonchev–Trinajstić information content (AvgIpc) is 3.46. The van der Waals surface area contributed by atoms with Crippen molar-refractivity contribution in [3.05, 3.63) is 53.3 Å². The van der Waals surface area contributed by atoms with Gasteiger partial charge in [0, 0.05) is 35.0 Å². The first-order chi connectivity index (χ1) is 18.2.